The summed E-state index contributed by atoms with van der Waals surface area (Å²) in [6.45, 7) is 9.34. The van der Waals surface area contributed by atoms with Crippen LogP contribution < -0.4 is 5.32 Å². The standard InChI is InChI=1S/C31H37ClFN3O6S/c1-6-23(21-8-9-22(32)27(28(21)33)29(38)19-7-10-24(36(39)40)17(2)13-19)34-18(3)14-26(37)35-25-15-20-11-12-31(25,30(20,4)5)16-43(35,41)42/h7-10,13,18,20,23,25,34H,6,11-12,14-16H2,1-5H3/t18?,20?,23-,25?,31?/m1/s1. The second kappa shape index (κ2) is 10.9. The lowest BCUT2D eigenvalue weighted by molar-refractivity contribution is -0.385. The van der Waals surface area contributed by atoms with Crippen molar-refractivity contribution in [2.24, 2.45) is 16.7 Å². The molecule has 4 unspecified atom stereocenters. The number of amides is 1. The summed E-state index contributed by atoms with van der Waals surface area (Å²) in [5.74, 6) is -1.59. The van der Waals surface area contributed by atoms with Gasteiger partial charge in [0.25, 0.3) is 5.69 Å². The third-order valence-electron chi connectivity index (χ3n) is 10.4. The highest BCUT2D eigenvalue weighted by molar-refractivity contribution is 7.90. The minimum Gasteiger partial charge on any atom is -0.307 e. The van der Waals surface area contributed by atoms with Crippen molar-refractivity contribution < 1.29 is 27.3 Å². The van der Waals surface area contributed by atoms with Crippen molar-refractivity contribution >= 4 is 39.0 Å². The van der Waals surface area contributed by atoms with Gasteiger partial charge in [0.1, 0.15) is 5.82 Å². The Morgan fingerprint density at radius 1 is 1.26 bits per heavy atom. The molecule has 9 nitrogen and oxygen atoms in total. The van der Waals surface area contributed by atoms with E-state index in [1.165, 1.54) is 37.3 Å². The Bertz CT molecular complexity index is 1630. The lowest BCUT2D eigenvalue weighted by Crippen LogP contribution is -2.46. The van der Waals surface area contributed by atoms with E-state index in [4.69, 9.17) is 11.6 Å². The smallest absolute Gasteiger partial charge is 0.272 e. The summed E-state index contributed by atoms with van der Waals surface area (Å²) in [7, 11) is -3.75. The average Bonchev–Trinajstić information content (AvgIpc) is 3.40. The van der Waals surface area contributed by atoms with Gasteiger partial charge in [0.2, 0.25) is 15.9 Å². The largest absolute Gasteiger partial charge is 0.307 e. The molecule has 2 bridgehead atoms. The second-order valence-corrected chi connectivity index (χ2v) is 15.2. The van der Waals surface area contributed by atoms with Crippen molar-refractivity contribution in [1.29, 1.82) is 0 Å². The van der Waals surface area contributed by atoms with Gasteiger partial charge < -0.3 is 5.32 Å². The molecule has 2 aromatic rings. The molecular weight excluding hydrogens is 597 g/mol. The first-order valence-corrected chi connectivity index (χ1v) is 16.6. The van der Waals surface area contributed by atoms with Gasteiger partial charge in [0.15, 0.2) is 5.78 Å². The Balaban J connectivity index is 1.35. The molecule has 1 amide bonds. The molecule has 5 atom stereocenters. The Morgan fingerprint density at radius 3 is 2.56 bits per heavy atom. The fourth-order valence-electron chi connectivity index (χ4n) is 7.99. The topological polar surface area (TPSA) is 127 Å². The number of carbonyl (C=O) groups is 2. The fraction of sp³-hybridized carbons (Fsp3) is 0.548. The highest BCUT2D eigenvalue weighted by Gasteiger charge is 2.72. The number of halogens is 2. The molecule has 1 saturated heterocycles. The Labute approximate surface area is 256 Å². The van der Waals surface area contributed by atoms with Crippen LogP contribution in [0.4, 0.5) is 10.1 Å². The normalized spacial score (nSPS) is 26.3. The van der Waals surface area contributed by atoms with Gasteiger partial charge in [-0.25, -0.2) is 17.1 Å². The maximum absolute atomic E-state index is 16.0. The number of nitro benzene ring substituents is 1. The molecule has 43 heavy (non-hydrogen) atoms. The number of hydrogen-bond acceptors (Lipinski definition) is 7. The van der Waals surface area contributed by atoms with Gasteiger partial charge in [-0.2, -0.15) is 0 Å². The first-order valence-electron chi connectivity index (χ1n) is 14.6. The summed E-state index contributed by atoms with van der Waals surface area (Å²) in [5.41, 5.74) is -0.557. The van der Waals surface area contributed by atoms with E-state index < -0.39 is 50.0 Å². The molecule has 0 aromatic heterocycles. The van der Waals surface area contributed by atoms with Crippen LogP contribution >= 0.6 is 11.6 Å². The van der Waals surface area contributed by atoms with Crippen molar-refractivity contribution in [2.75, 3.05) is 5.75 Å². The van der Waals surface area contributed by atoms with E-state index in [0.717, 1.165) is 17.1 Å². The molecule has 1 aliphatic heterocycles. The highest BCUT2D eigenvalue weighted by atomic mass is 35.5. The molecule has 3 aliphatic rings. The van der Waals surface area contributed by atoms with Crippen molar-refractivity contribution in [3.63, 3.8) is 0 Å². The number of nitrogens with zero attached hydrogens (tertiary/aromatic N) is 2. The number of nitro groups is 1. The number of nitrogens with one attached hydrogen (secondary N) is 1. The van der Waals surface area contributed by atoms with Crippen LogP contribution in [0.3, 0.4) is 0 Å². The average molecular weight is 634 g/mol. The van der Waals surface area contributed by atoms with Crippen LogP contribution in [0.25, 0.3) is 0 Å². The van der Waals surface area contributed by atoms with Crippen LogP contribution in [-0.4, -0.2) is 47.2 Å². The van der Waals surface area contributed by atoms with Crippen LogP contribution in [0, 0.1) is 39.6 Å². The van der Waals surface area contributed by atoms with E-state index in [9.17, 15) is 28.1 Å². The minimum atomic E-state index is -3.75. The van der Waals surface area contributed by atoms with E-state index in [1.54, 1.807) is 6.92 Å². The van der Waals surface area contributed by atoms with Gasteiger partial charge in [0, 0.05) is 46.7 Å². The maximum Gasteiger partial charge on any atom is 0.272 e. The number of rotatable bonds is 9. The van der Waals surface area contributed by atoms with Crippen molar-refractivity contribution in [3.05, 3.63) is 73.5 Å². The zero-order valence-corrected chi connectivity index (χ0v) is 26.5. The molecule has 1 heterocycles. The maximum atomic E-state index is 16.0. The first kappa shape index (κ1) is 31.5. The van der Waals surface area contributed by atoms with Crippen LogP contribution in [0.5, 0.6) is 0 Å². The first-order chi connectivity index (χ1) is 20.1. The predicted molar refractivity (Wildman–Crippen MR) is 161 cm³/mol. The van der Waals surface area contributed by atoms with Gasteiger partial charge in [-0.15, -0.1) is 0 Å². The number of ketones is 1. The summed E-state index contributed by atoms with van der Waals surface area (Å²) in [6, 6.07) is 5.30. The predicted octanol–water partition coefficient (Wildman–Crippen LogP) is 6.11. The number of benzene rings is 2. The molecule has 2 aliphatic carbocycles. The van der Waals surface area contributed by atoms with Gasteiger partial charge >= 0.3 is 0 Å². The molecule has 12 heteroatoms. The van der Waals surface area contributed by atoms with E-state index >= 15 is 4.39 Å². The van der Waals surface area contributed by atoms with Crippen molar-refractivity contribution in [1.82, 2.24) is 9.62 Å². The van der Waals surface area contributed by atoms with Crippen molar-refractivity contribution in [2.45, 2.75) is 84.8 Å². The van der Waals surface area contributed by atoms with Gasteiger partial charge in [0.05, 0.1) is 27.3 Å². The minimum absolute atomic E-state index is 0.000375. The summed E-state index contributed by atoms with van der Waals surface area (Å²) >= 11 is 6.28. The van der Waals surface area contributed by atoms with Gasteiger partial charge in [-0.05, 0) is 69.1 Å². The number of hydrogen-bond donors (Lipinski definition) is 1. The molecule has 1 spiro atoms. The molecule has 2 saturated carbocycles. The zero-order chi connectivity index (χ0) is 31.6. The number of fused-ring (bicyclic) bond motifs is 1. The van der Waals surface area contributed by atoms with Crippen LogP contribution in [0.15, 0.2) is 30.3 Å². The van der Waals surface area contributed by atoms with Gasteiger partial charge in [-0.3, -0.25) is 19.7 Å². The van der Waals surface area contributed by atoms with E-state index in [0.29, 0.717) is 18.8 Å². The van der Waals surface area contributed by atoms with Crippen LogP contribution in [0.1, 0.15) is 92.9 Å². The molecule has 3 fully saturated rings. The lowest BCUT2D eigenvalue weighted by atomic mass is 9.69. The van der Waals surface area contributed by atoms with Crippen LogP contribution in [-0.2, 0) is 14.8 Å². The fourth-order valence-corrected chi connectivity index (χ4v) is 10.8. The number of aryl methyl sites for hydroxylation is 1. The van der Waals surface area contributed by atoms with Crippen LogP contribution in [0.2, 0.25) is 5.02 Å². The summed E-state index contributed by atoms with van der Waals surface area (Å²) in [4.78, 5) is 37.5. The van der Waals surface area contributed by atoms with E-state index in [1.807, 2.05) is 6.92 Å². The Kier molecular flexibility index (Phi) is 8.01. The third kappa shape index (κ3) is 4.97. The SMILES string of the molecule is CC[C@@H](NC(C)CC(=O)N1C2CC3CCC2(CS1(=O)=O)C3(C)C)c1ccc(Cl)c(C(=O)c2ccc([N+](=O)[O-])c(C)c2)c1F. The number of carbonyl (C=O) groups excluding carboxylic acids is 2. The quantitative estimate of drug-likeness (QED) is 0.200. The lowest BCUT2D eigenvalue weighted by Gasteiger charge is -2.37. The molecule has 1 N–H and O–H groups in total. The summed E-state index contributed by atoms with van der Waals surface area (Å²) < 4.78 is 43.7. The Morgan fingerprint density at radius 2 is 1.95 bits per heavy atom. The van der Waals surface area contributed by atoms with E-state index in [2.05, 4.69) is 19.2 Å². The van der Waals surface area contributed by atoms with Crippen molar-refractivity contribution in [3.8, 4) is 0 Å². The monoisotopic (exact) mass is 633 g/mol. The molecule has 0 radical (unpaired) electrons. The van der Waals surface area contributed by atoms with E-state index in [-0.39, 0.29) is 56.6 Å². The second-order valence-electron chi connectivity index (χ2n) is 13.0. The molecule has 5 rings (SSSR count). The zero-order valence-electron chi connectivity index (χ0n) is 24.9. The van der Waals surface area contributed by atoms with Gasteiger partial charge in [-0.1, -0.05) is 38.4 Å². The number of sulfonamides is 1. The molecule has 2 aromatic carbocycles. The molecular formula is C31H37ClFN3O6S. The highest BCUT2D eigenvalue weighted by Crippen LogP contribution is 2.70. The summed E-state index contributed by atoms with van der Waals surface area (Å²) in [5, 5.41) is 14.3. The molecule has 232 valence electrons. The Hall–Kier alpha value is -2.89. The third-order valence-corrected chi connectivity index (χ3v) is 12.7. The summed E-state index contributed by atoms with van der Waals surface area (Å²) in [6.07, 6.45) is 2.80.